The van der Waals surface area contributed by atoms with Crippen LogP contribution < -0.4 is 0 Å². The van der Waals surface area contributed by atoms with Crippen LogP contribution in [0, 0.1) is 11.8 Å². The summed E-state index contributed by atoms with van der Waals surface area (Å²) in [6.07, 6.45) is 13.9. The molecule has 13 heavy (non-hydrogen) atoms. The van der Waals surface area contributed by atoms with Gasteiger partial charge in [-0.2, -0.15) is 0 Å². The first-order valence-electron chi connectivity index (χ1n) is 5.24. The Balaban J connectivity index is 2.03. The second-order valence-corrected chi connectivity index (χ2v) is 4.02. The van der Waals surface area contributed by atoms with Gasteiger partial charge in [-0.15, -0.1) is 0 Å². The van der Waals surface area contributed by atoms with Gasteiger partial charge in [0.15, 0.2) is 0 Å². The van der Waals surface area contributed by atoms with Crippen molar-refractivity contribution in [1.29, 1.82) is 0 Å². The maximum absolute atomic E-state index is 11.5. The number of rotatable bonds is 1. The second-order valence-electron chi connectivity index (χ2n) is 4.02. The van der Waals surface area contributed by atoms with Gasteiger partial charge in [-0.25, -0.2) is 0 Å². The minimum Gasteiger partial charge on any atom is -0.299 e. The molecular weight excluding hydrogens is 160 g/mol. The van der Waals surface area contributed by atoms with Crippen molar-refractivity contribution >= 4 is 5.78 Å². The largest absolute Gasteiger partial charge is 0.299 e. The van der Waals surface area contributed by atoms with E-state index >= 15 is 0 Å². The van der Waals surface area contributed by atoms with Gasteiger partial charge in [0, 0.05) is 12.3 Å². The Kier molecular flexibility index (Phi) is 2.62. The van der Waals surface area contributed by atoms with Crippen LogP contribution in [0.15, 0.2) is 24.3 Å². The van der Waals surface area contributed by atoms with E-state index in [2.05, 4.69) is 24.3 Å². The molecule has 0 bridgehead atoms. The monoisotopic (exact) mass is 176 g/mol. The van der Waals surface area contributed by atoms with Crippen LogP contribution in [-0.2, 0) is 4.79 Å². The summed E-state index contributed by atoms with van der Waals surface area (Å²) in [5, 5.41) is 0. The van der Waals surface area contributed by atoms with Crippen molar-refractivity contribution in [3.8, 4) is 0 Å². The van der Waals surface area contributed by atoms with E-state index in [1.54, 1.807) is 0 Å². The lowest BCUT2D eigenvalue weighted by atomic mass is 9.87. The first kappa shape index (κ1) is 8.74. The topological polar surface area (TPSA) is 17.1 Å². The fourth-order valence-corrected chi connectivity index (χ4v) is 2.40. The van der Waals surface area contributed by atoms with Crippen molar-refractivity contribution in [1.82, 2.24) is 0 Å². The molecule has 0 radical (unpaired) electrons. The predicted molar refractivity (Wildman–Crippen MR) is 53.4 cm³/mol. The molecule has 2 atom stereocenters. The normalized spacial score (nSPS) is 33.7. The van der Waals surface area contributed by atoms with Gasteiger partial charge < -0.3 is 0 Å². The predicted octanol–water partition coefficient (Wildman–Crippen LogP) is 2.88. The molecular formula is C12H16O. The van der Waals surface area contributed by atoms with E-state index in [0.717, 1.165) is 32.1 Å². The Morgan fingerprint density at radius 1 is 1.23 bits per heavy atom. The summed E-state index contributed by atoms with van der Waals surface area (Å²) in [5.41, 5.74) is 0. The summed E-state index contributed by atoms with van der Waals surface area (Å²) in [6, 6.07) is 0. The summed E-state index contributed by atoms with van der Waals surface area (Å²) in [4.78, 5) is 11.5. The lowest BCUT2D eigenvalue weighted by Crippen LogP contribution is -2.16. The smallest absolute Gasteiger partial charge is 0.136 e. The van der Waals surface area contributed by atoms with Crippen LogP contribution in [0.4, 0.5) is 0 Å². The van der Waals surface area contributed by atoms with Crippen molar-refractivity contribution < 1.29 is 4.79 Å². The van der Waals surface area contributed by atoms with E-state index in [1.165, 1.54) is 0 Å². The Hall–Kier alpha value is -0.850. The molecule has 1 nitrogen and oxygen atoms in total. The standard InChI is InChI=1S/C12H16O/c13-12-9-5-8-11(12)10-6-3-1-2-4-7-10/h1-3,6,10-11H,4-5,7-9H2. The molecule has 0 saturated heterocycles. The van der Waals surface area contributed by atoms with Crippen molar-refractivity contribution in [2.24, 2.45) is 11.8 Å². The van der Waals surface area contributed by atoms with Gasteiger partial charge in [0.2, 0.25) is 0 Å². The van der Waals surface area contributed by atoms with Gasteiger partial charge in [-0.3, -0.25) is 4.79 Å². The van der Waals surface area contributed by atoms with Gasteiger partial charge in [-0.05, 0) is 31.6 Å². The van der Waals surface area contributed by atoms with Gasteiger partial charge in [0.05, 0.1) is 0 Å². The van der Waals surface area contributed by atoms with Crippen LogP contribution in [0.2, 0.25) is 0 Å². The molecule has 0 heterocycles. The third-order valence-electron chi connectivity index (χ3n) is 3.14. The number of hydrogen-bond donors (Lipinski definition) is 0. The number of hydrogen-bond acceptors (Lipinski definition) is 1. The van der Waals surface area contributed by atoms with E-state index in [9.17, 15) is 4.79 Å². The first-order chi connectivity index (χ1) is 6.38. The summed E-state index contributed by atoms with van der Waals surface area (Å²) in [5.74, 6) is 1.36. The molecule has 0 aromatic heterocycles. The fraction of sp³-hybridized carbons (Fsp3) is 0.583. The zero-order chi connectivity index (χ0) is 9.10. The zero-order valence-corrected chi connectivity index (χ0v) is 7.91. The zero-order valence-electron chi connectivity index (χ0n) is 7.91. The van der Waals surface area contributed by atoms with Gasteiger partial charge in [0.25, 0.3) is 0 Å². The Labute approximate surface area is 79.5 Å². The number of ketones is 1. The average Bonchev–Trinajstić information content (AvgIpc) is 2.43. The molecule has 1 saturated carbocycles. The average molecular weight is 176 g/mol. The summed E-state index contributed by atoms with van der Waals surface area (Å²) >= 11 is 0. The lowest BCUT2D eigenvalue weighted by molar-refractivity contribution is -0.121. The van der Waals surface area contributed by atoms with Crippen molar-refractivity contribution in [3.05, 3.63) is 24.3 Å². The van der Waals surface area contributed by atoms with Gasteiger partial charge >= 0.3 is 0 Å². The molecule has 2 rings (SSSR count). The van der Waals surface area contributed by atoms with Crippen LogP contribution in [0.3, 0.4) is 0 Å². The summed E-state index contributed by atoms with van der Waals surface area (Å²) < 4.78 is 0. The molecule has 0 aromatic rings. The van der Waals surface area contributed by atoms with Crippen LogP contribution in [0.1, 0.15) is 32.1 Å². The second kappa shape index (κ2) is 3.91. The lowest BCUT2D eigenvalue weighted by Gasteiger charge is -2.16. The van der Waals surface area contributed by atoms with Crippen molar-refractivity contribution in [3.63, 3.8) is 0 Å². The Bertz CT molecular complexity index is 250. The molecule has 70 valence electrons. The highest BCUT2D eigenvalue weighted by molar-refractivity contribution is 5.83. The van der Waals surface area contributed by atoms with Crippen molar-refractivity contribution in [2.75, 3.05) is 0 Å². The third-order valence-corrected chi connectivity index (χ3v) is 3.14. The molecule has 0 aliphatic heterocycles. The number of Topliss-reactive ketones (excluding diaryl/α,β-unsaturated/α-hetero) is 1. The molecule has 0 spiro atoms. The van der Waals surface area contributed by atoms with Crippen molar-refractivity contribution in [2.45, 2.75) is 32.1 Å². The van der Waals surface area contributed by atoms with Crippen LogP contribution in [0.25, 0.3) is 0 Å². The minimum atomic E-state index is 0.344. The quantitative estimate of drug-likeness (QED) is 0.600. The number of allylic oxidation sites excluding steroid dienone is 4. The molecule has 0 amide bonds. The molecule has 2 unspecified atom stereocenters. The Morgan fingerprint density at radius 3 is 2.92 bits per heavy atom. The Morgan fingerprint density at radius 2 is 2.15 bits per heavy atom. The number of carbonyl (C=O) groups is 1. The minimum absolute atomic E-state index is 0.344. The third kappa shape index (κ3) is 1.90. The highest BCUT2D eigenvalue weighted by atomic mass is 16.1. The number of carbonyl (C=O) groups excluding carboxylic acids is 1. The van der Waals surface area contributed by atoms with E-state index in [0.29, 0.717) is 17.6 Å². The summed E-state index contributed by atoms with van der Waals surface area (Å²) in [7, 11) is 0. The van der Waals surface area contributed by atoms with E-state index in [1.807, 2.05) is 0 Å². The van der Waals surface area contributed by atoms with Gasteiger partial charge in [-0.1, -0.05) is 24.3 Å². The first-order valence-corrected chi connectivity index (χ1v) is 5.24. The molecule has 1 heteroatoms. The molecule has 2 aliphatic rings. The van der Waals surface area contributed by atoms with E-state index in [4.69, 9.17) is 0 Å². The van der Waals surface area contributed by atoms with Crippen LogP contribution >= 0.6 is 0 Å². The highest BCUT2D eigenvalue weighted by Crippen LogP contribution is 2.32. The molecule has 2 aliphatic carbocycles. The van der Waals surface area contributed by atoms with Crippen LogP contribution in [0.5, 0.6) is 0 Å². The van der Waals surface area contributed by atoms with E-state index in [-0.39, 0.29) is 0 Å². The fourth-order valence-electron chi connectivity index (χ4n) is 2.40. The SMILES string of the molecule is O=C1CCCC1C1C=CC=CCC1. The van der Waals surface area contributed by atoms with Gasteiger partial charge in [0.1, 0.15) is 5.78 Å². The van der Waals surface area contributed by atoms with E-state index < -0.39 is 0 Å². The molecule has 0 N–H and O–H groups in total. The maximum atomic E-state index is 11.5. The summed E-state index contributed by atoms with van der Waals surface area (Å²) in [6.45, 7) is 0. The maximum Gasteiger partial charge on any atom is 0.136 e. The van der Waals surface area contributed by atoms with Crippen LogP contribution in [-0.4, -0.2) is 5.78 Å². The molecule has 0 aromatic carbocycles. The highest BCUT2D eigenvalue weighted by Gasteiger charge is 2.30. The molecule has 1 fully saturated rings.